The van der Waals surface area contributed by atoms with Crippen molar-refractivity contribution < 1.29 is 9.13 Å². The van der Waals surface area contributed by atoms with Crippen LogP contribution >= 0.6 is 11.3 Å². The lowest BCUT2D eigenvalue weighted by Gasteiger charge is -2.07. The third kappa shape index (κ3) is 2.82. The third-order valence-corrected chi connectivity index (χ3v) is 3.04. The molecular formula is C12H11FN2OS. The Morgan fingerprint density at radius 2 is 2.24 bits per heavy atom. The van der Waals surface area contributed by atoms with Gasteiger partial charge in [0.05, 0.1) is 0 Å². The molecule has 1 aromatic carbocycles. The number of nitrogen functional groups attached to an aromatic ring is 1. The normalized spacial score (nSPS) is 10.2. The van der Waals surface area contributed by atoms with Crippen LogP contribution < -0.4 is 10.5 Å². The molecule has 1 heterocycles. The summed E-state index contributed by atoms with van der Waals surface area (Å²) in [6, 6.07) is 8.09. The smallest absolute Gasteiger partial charge is 0.165 e. The molecule has 0 amide bonds. The van der Waals surface area contributed by atoms with E-state index in [1.165, 1.54) is 12.1 Å². The molecule has 88 valence electrons. The fraction of sp³-hybridized carbons (Fsp3) is 0.0833. The van der Waals surface area contributed by atoms with Gasteiger partial charge >= 0.3 is 0 Å². The van der Waals surface area contributed by atoms with Crippen LogP contribution in [0.4, 0.5) is 4.39 Å². The van der Waals surface area contributed by atoms with Crippen molar-refractivity contribution in [3.63, 3.8) is 0 Å². The first-order chi connectivity index (χ1) is 8.16. The summed E-state index contributed by atoms with van der Waals surface area (Å²) in [5.74, 6) is -0.494. The van der Waals surface area contributed by atoms with Crippen LogP contribution in [-0.4, -0.2) is 5.84 Å². The van der Waals surface area contributed by atoms with Crippen molar-refractivity contribution >= 4 is 17.2 Å². The van der Waals surface area contributed by atoms with Crippen LogP contribution in [0.5, 0.6) is 5.75 Å². The maximum atomic E-state index is 13.6. The standard InChI is InChI=1S/C12H11FN2OS/c13-10-6-8(12(14)15)3-4-11(10)16-7-9-2-1-5-17-9/h1-6H,7H2,(H3,14,15). The maximum Gasteiger partial charge on any atom is 0.165 e. The van der Waals surface area contributed by atoms with Gasteiger partial charge in [-0.25, -0.2) is 4.39 Å². The van der Waals surface area contributed by atoms with Gasteiger partial charge < -0.3 is 10.5 Å². The fourth-order valence-electron chi connectivity index (χ4n) is 1.33. The highest BCUT2D eigenvalue weighted by Crippen LogP contribution is 2.20. The van der Waals surface area contributed by atoms with Crippen molar-refractivity contribution in [2.24, 2.45) is 5.73 Å². The van der Waals surface area contributed by atoms with Gasteiger partial charge in [0, 0.05) is 10.4 Å². The summed E-state index contributed by atoms with van der Waals surface area (Å²) in [6.07, 6.45) is 0. The van der Waals surface area contributed by atoms with E-state index in [4.69, 9.17) is 15.9 Å². The molecule has 0 spiro atoms. The molecule has 0 bridgehead atoms. The highest BCUT2D eigenvalue weighted by Gasteiger charge is 2.06. The minimum Gasteiger partial charge on any atom is -0.485 e. The molecule has 0 aliphatic rings. The lowest BCUT2D eigenvalue weighted by atomic mass is 10.2. The van der Waals surface area contributed by atoms with E-state index in [2.05, 4.69) is 0 Å². The zero-order valence-electron chi connectivity index (χ0n) is 8.94. The van der Waals surface area contributed by atoms with Gasteiger partial charge in [0.15, 0.2) is 11.6 Å². The SMILES string of the molecule is N=C(N)c1ccc(OCc2cccs2)c(F)c1. The minimum atomic E-state index is -0.505. The number of nitrogens with one attached hydrogen (secondary N) is 1. The first-order valence-electron chi connectivity index (χ1n) is 4.96. The first-order valence-corrected chi connectivity index (χ1v) is 5.84. The summed E-state index contributed by atoms with van der Waals surface area (Å²) in [5, 5.41) is 9.13. The molecular weight excluding hydrogens is 239 g/mol. The molecule has 3 N–H and O–H groups in total. The highest BCUT2D eigenvalue weighted by molar-refractivity contribution is 7.09. The van der Waals surface area contributed by atoms with Gasteiger partial charge in [0.2, 0.25) is 0 Å². The molecule has 0 unspecified atom stereocenters. The Kier molecular flexibility index (Phi) is 3.39. The summed E-state index contributed by atoms with van der Waals surface area (Å²) in [6.45, 7) is 0.341. The Hall–Kier alpha value is -1.88. The van der Waals surface area contributed by atoms with Gasteiger partial charge in [-0.1, -0.05) is 6.07 Å². The lowest BCUT2D eigenvalue weighted by molar-refractivity contribution is 0.293. The zero-order chi connectivity index (χ0) is 12.3. The molecule has 0 fully saturated rings. The summed E-state index contributed by atoms with van der Waals surface area (Å²) in [4.78, 5) is 1.03. The van der Waals surface area contributed by atoms with Crippen LogP contribution in [-0.2, 0) is 6.61 Å². The van der Waals surface area contributed by atoms with E-state index in [0.29, 0.717) is 12.2 Å². The molecule has 1 aromatic heterocycles. The second-order valence-electron chi connectivity index (χ2n) is 3.43. The molecule has 5 heteroatoms. The Morgan fingerprint density at radius 3 is 2.82 bits per heavy atom. The fourth-order valence-corrected chi connectivity index (χ4v) is 1.95. The van der Waals surface area contributed by atoms with Gasteiger partial charge in [0.1, 0.15) is 12.4 Å². The van der Waals surface area contributed by atoms with Crippen molar-refractivity contribution in [1.29, 1.82) is 5.41 Å². The van der Waals surface area contributed by atoms with Crippen LogP contribution in [0, 0.1) is 11.2 Å². The van der Waals surface area contributed by atoms with Crippen molar-refractivity contribution in [3.8, 4) is 5.75 Å². The van der Waals surface area contributed by atoms with E-state index in [1.807, 2.05) is 17.5 Å². The predicted octanol–water partition coefficient (Wildman–Crippen LogP) is 2.75. The molecule has 0 atom stereocenters. The third-order valence-electron chi connectivity index (χ3n) is 2.19. The van der Waals surface area contributed by atoms with Crippen molar-refractivity contribution in [2.75, 3.05) is 0 Å². The average Bonchev–Trinajstić information content (AvgIpc) is 2.80. The number of hydrogen-bond donors (Lipinski definition) is 2. The highest BCUT2D eigenvalue weighted by atomic mass is 32.1. The monoisotopic (exact) mass is 250 g/mol. The van der Waals surface area contributed by atoms with Crippen LogP contribution in [0.1, 0.15) is 10.4 Å². The van der Waals surface area contributed by atoms with Crippen molar-refractivity contribution in [3.05, 3.63) is 52.0 Å². The van der Waals surface area contributed by atoms with Crippen LogP contribution in [0.3, 0.4) is 0 Å². The van der Waals surface area contributed by atoms with E-state index in [0.717, 1.165) is 4.88 Å². The largest absolute Gasteiger partial charge is 0.485 e. The molecule has 0 radical (unpaired) electrons. The number of halogens is 1. The number of hydrogen-bond acceptors (Lipinski definition) is 3. The second kappa shape index (κ2) is 4.97. The number of rotatable bonds is 4. The topological polar surface area (TPSA) is 59.1 Å². The van der Waals surface area contributed by atoms with Crippen molar-refractivity contribution in [2.45, 2.75) is 6.61 Å². The van der Waals surface area contributed by atoms with Crippen LogP contribution in [0.15, 0.2) is 35.7 Å². The van der Waals surface area contributed by atoms with Crippen molar-refractivity contribution in [1.82, 2.24) is 0 Å². The van der Waals surface area contributed by atoms with Gasteiger partial charge in [-0.2, -0.15) is 0 Å². The number of ether oxygens (including phenoxy) is 1. The Morgan fingerprint density at radius 1 is 1.41 bits per heavy atom. The van der Waals surface area contributed by atoms with E-state index in [-0.39, 0.29) is 11.6 Å². The van der Waals surface area contributed by atoms with Crippen LogP contribution in [0.25, 0.3) is 0 Å². The first kappa shape index (κ1) is 11.6. The predicted molar refractivity (Wildman–Crippen MR) is 66.1 cm³/mol. The molecule has 3 nitrogen and oxygen atoms in total. The zero-order valence-corrected chi connectivity index (χ0v) is 9.76. The van der Waals surface area contributed by atoms with Gasteiger partial charge in [-0.3, -0.25) is 5.41 Å². The lowest BCUT2D eigenvalue weighted by Crippen LogP contribution is -2.11. The van der Waals surface area contributed by atoms with Crippen LogP contribution in [0.2, 0.25) is 0 Å². The summed E-state index contributed by atoms with van der Waals surface area (Å²) >= 11 is 1.55. The number of benzene rings is 1. The van der Waals surface area contributed by atoms with E-state index < -0.39 is 5.82 Å². The molecule has 0 saturated heterocycles. The average molecular weight is 250 g/mol. The molecule has 0 saturated carbocycles. The number of thiophene rings is 1. The maximum absolute atomic E-state index is 13.6. The molecule has 0 aliphatic heterocycles. The quantitative estimate of drug-likeness (QED) is 0.647. The molecule has 17 heavy (non-hydrogen) atoms. The Balaban J connectivity index is 2.09. The van der Waals surface area contributed by atoms with Gasteiger partial charge in [0.25, 0.3) is 0 Å². The molecule has 2 aromatic rings. The minimum absolute atomic E-state index is 0.159. The number of amidine groups is 1. The van der Waals surface area contributed by atoms with E-state index >= 15 is 0 Å². The van der Waals surface area contributed by atoms with Gasteiger partial charge in [-0.15, -0.1) is 11.3 Å². The van der Waals surface area contributed by atoms with Gasteiger partial charge in [-0.05, 0) is 29.6 Å². The summed E-state index contributed by atoms with van der Waals surface area (Å²) < 4.78 is 18.9. The Labute approximate surface area is 102 Å². The molecule has 2 rings (SSSR count). The van der Waals surface area contributed by atoms with E-state index in [9.17, 15) is 4.39 Å². The summed E-state index contributed by atoms with van der Waals surface area (Å²) in [5.41, 5.74) is 5.61. The molecule has 0 aliphatic carbocycles. The second-order valence-corrected chi connectivity index (χ2v) is 4.46. The Bertz CT molecular complexity index is 525. The summed E-state index contributed by atoms with van der Waals surface area (Å²) in [7, 11) is 0. The van der Waals surface area contributed by atoms with E-state index in [1.54, 1.807) is 17.4 Å². The number of nitrogens with two attached hydrogens (primary N) is 1.